The fourth-order valence-electron chi connectivity index (χ4n) is 3.61. The van der Waals surface area contributed by atoms with Crippen molar-refractivity contribution in [2.24, 2.45) is 7.05 Å². The molecule has 4 heterocycles. The van der Waals surface area contributed by atoms with E-state index in [2.05, 4.69) is 44.8 Å². The molecule has 3 aromatic heterocycles. The van der Waals surface area contributed by atoms with E-state index >= 15 is 0 Å². The molecule has 0 amide bonds. The molecule has 1 saturated heterocycles. The first-order chi connectivity index (χ1) is 11.1. The van der Waals surface area contributed by atoms with Crippen LogP contribution in [0.25, 0.3) is 5.78 Å². The zero-order valence-corrected chi connectivity index (χ0v) is 13.9. The Morgan fingerprint density at radius 3 is 2.87 bits per heavy atom. The molecule has 0 saturated carbocycles. The van der Waals surface area contributed by atoms with Crippen LogP contribution in [0.5, 0.6) is 0 Å². The second kappa shape index (κ2) is 5.45. The van der Waals surface area contributed by atoms with Crippen molar-refractivity contribution in [2.75, 3.05) is 6.54 Å². The third-order valence-electron chi connectivity index (χ3n) is 4.65. The number of hydrogen-bond donors (Lipinski definition) is 0. The molecule has 0 N–H and O–H groups in total. The standard InChI is InChI=1S/C17H22N6/c1-12-7-13(2)23-11-15(20-17(23)19-12)10-22-6-4-5-16(22)14-8-18-21(3)9-14/h7-9,11,16H,4-6,10H2,1-3H3. The fraction of sp³-hybridized carbons (Fsp3) is 0.471. The maximum Gasteiger partial charge on any atom is 0.234 e. The van der Waals surface area contributed by atoms with Crippen molar-refractivity contribution in [3.63, 3.8) is 0 Å². The average Bonchev–Trinajstić information content (AvgIpc) is 3.18. The van der Waals surface area contributed by atoms with Gasteiger partial charge in [0.15, 0.2) is 0 Å². The van der Waals surface area contributed by atoms with Gasteiger partial charge in [0.05, 0.1) is 11.9 Å². The normalized spacial score (nSPS) is 19.0. The van der Waals surface area contributed by atoms with Crippen LogP contribution >= 0.6 is 0 Å². The molecule has 0 aromatic carbocycles. The number of rotatable bonds is 3. The van der Waals surface area contributed by atoms with Gasteiger partial charge in [-0.05, 0) is 39.3 Å². The molecule has 4 rings (SSSR count). The molecule has 1 aliphatic heterocycles. The zero-order chi connectivity index (χ0) is 16.0. The molecular formula is C17H22N6. The quantitative estimate of drug-likeness (QED) is 0.745. The van der Waals surface area contributed by atoms with Crippen molar-refractivity contribution < 1.29 is 0 Å². The minimum Gasteiger partial charge on any atom is -0.290 e. The van der Waals surface area contributed by atoms with E-state index in [1.54, 1.807) is 0 Å². The molecule has 0 aliphatic carbocycles. The fourth-order valence-corrected chi connectivity index (χ4v) is 3.61. The van der Waals surface area contributed by atoms with E-state index in [4.69, 9.17) is 4.98 Å². The van der Waals surface area contributed by atoms with E-state index in [9.17, 15) is 0 Å². The van der Waals surface area contributed by atoms with Gasteiger partial charge in [0, 0.05) is 49.0 Å². The Morgan fingerprint density at radius 1 is 1.22 bits per heavy atom. The van der Waals surface area contributed by atoms with Crippen molar-refractivity contribution in [3.8, 4) is 0 Å². The number of hydrogen-bond acceptors (Lipinski definition) is 4. The van der Waals surface area contributed by atoms with E-state index in [-0.39, 0.29) is 0 Å². The highest BCUT2D eigenvalue weighted by atomic mass is 15.3. The lowest BCUT2D eigenvalue weighted by molar-refractivity contribution is 0.246. The third kappa shape index (κ3) is 2.63. The molecule has 6 heteroatoms. The summed E-state index contributed by atoms with van der Waals surface area (Å²) >= 11 is 0. The molecule has 3 aromatic rings. The highest BCUT2D eigenvalue weighted by Crippen LogP contribution is 2.32. The first-order valence-electron chi connectivity index (χ1n) is 8.15. The molecule has 1 fully saturated rings. The summed E-state index contributed by atoms with van der Waals surface area (Å²) in [5, 5.41) is 4.32. The molecule has 120 valence electrons. The number of likely N-dealkylation sites (tertiary alicyclic amines) is 1. The maximum atomic E-state index is 4.72. The lowest BCUT2D eigenvalue weighted by Crippen LogP contribution is -2.22. The van der Waals surface area contributed by atoms with Gasteiger partial charge in [-0.3, -0.25) is 14.0 Å². The van der Waals surface area contributed by atoms with Crippen molar-refractivity contribution >= 4 is 5.78 Å². The van der Waals surface area contributed by atoms with Crippen LogP contribution in [-0.2, 0) is 13.6 Å². The predicted octanol–water partition coefficient (Wildman–Crippen LogP) is 2.42. The number of imidazole rings is 1. The Morgan fingerprint density at radius 2 is 2.09 bits per heavy atom. The van der Waals surface area contributed by atoms with Crippen LogP contribution in [0.15, 0.2) is 24.7 Å². The van der Waals surface area contributed by atoms with Gasteiger partial charge >= 0.3 is 0 Å². The van der Waals surface area contributed by atoms with Crippen LogP contribution in [0.1, 0.15) is 41.5 Å². The van der Waals surface area contributed by atoms with Crippen molar-refractivity contribution in [2.45, 2.75) is 39.3 Å². The number of aryl methyl sites for hydroxylation is 3. The average molecular weight is 310 g/mol. The summed E-state index contributed by atoms with van der Waals surface area (Å²) in [6, 6.07) is 2.54. The topological polar surface area (TPSA) is 51.2 Å². The molecule has 6 nitrogen and oxygen atoms in total. The van der Waals surface area contributed by atoms with Gasteiger partial charge < -0.3 is 0 Å². The largest absolute Gasteiger partial charge is 0.290 e. The molecule has 0 spiro atoms. The van der Waals surface area contributed by atoms with E-state index in [0.717, 1.165) is 30.3 Å². The molecule has 1 unspecified atom stereocenters. The van der Waals surface area contributed by atoms with E-state index in [0.29, 0.717) is 6.04 Å². The second-order valence-electron chi connectivity index (χ2n) is 6.52. The molecule has 0 radical (unpaired) electrons. The molecular weight excluding hydrogens is 288 g/mol. The highest BCUT2D eigenvalue weighted by Gasteiger charge is 2.27. The van der Waals surface area contributed by atoms with Gasteiger partial charge in [0.25, 0.3) is 0 Å². The molecule has 23 heavy (non-hydrogen) atoms. The predicted molar refractivity (Wildman–Crippen MR) is 88.1 cm³/mol. The van der Waals surface area contributed by atoms with Crippen LogP contribution in [0.4, 0.5) is 0 Å². The summed E-state index contributed by atoms with van der Waals surface area (Å²) in [7, 11) is 1.97. The second-order valence-corrected chi connectivity index (χ2v) is 6.52. The monoisotopic (exact) mass is 310 g/mol. The summed E-state index contributed by atoms with van der Waals surface area (Å²) in [5.41, 5.74) is 4.58. The Hall–Kier alpha value is -2.21. The van der Waals surface area contributed by atoms with Crippen LogP contribution in [0.3, 0.4) is 0 Å². The van der Waals surface area contributed by atoms with Crippen LogP contribution < -0.4 is 0 Å². The highest BCUT2D eigenvalue weighted by molar-refractivity contribution is 5.34. The van der Waals surface area contributed by atoms with Gasteiger partial charge in [0.1, 0.15) is 0 Å². The lowest BCUT2D eigenvalue weighted by atomic mass is 10.1. The Balaban J connectivity index is 1.61. The number of fused-ring (bicyclic) bond motifs is 1. The summed E-state index contributed by atoms with van der Waals surface area (Å²) in [6.45, 7) is 6.09. The minimum absolute atomic E-state index is 0.448. The van der Waals surface area contributed by atoms with Gasteiger partial charge in [-0.25, -0.2) is 9.97 Å². The Kier molecular flexibility index (Phi) is 3.41. The first-order valence-corrected chi connectivity index (χ1v) is 8.15. The zero-order valence-electron chi connectivity index (χ0n) is 13.9. The van der Waals surface area contributed by atoms with Crippen LogP contribution in [0, 0.1) is 13.8 Å². The van der Waals surface area contributed by atoms with Gasteiger partial charge in [-0.15, -0.1) is 0 Å². The van der Waals surface area contributed by atoms with Crippen molar-refractivity contribution in [3.05, 3.63) is 47.3 Å². The van der Waals surface area contributed by atoms with E-state index < -0.39 is 0 Å². The Labute approximate surface area is 135 Å². The SMILES string of the molecule is Cc1cc(C)n2cc(CN3CCCC3c3cnn(C)c3)nc2n1. The van der Waals surface area contributed by atoms with Crippen molar-refractivity contribution in [1.82, 2.24) is 29.0 Å². The summed E-state index contributed by atoms with van der Waals surface area (Å²) in [6.07, 6.45) is 8.65. The van der Waals surface area contributed by atoms with Crippen LogP contribution in [-0.4, -0.2) is 35.6 Å². The molecule has 0 bridgehead atoms. The summed E-state index contributed by atoms with van der Waals surface area (Å²) in [4.78, 5) is 11.8. The number of aromatic nitrogens is 5. The molecule has 1 atom stereocenters. The molecule has 1 aliphatic rings. The van der Waals surface area contributed by atoms with E-state index in [1.165, 1.54) is 24.1 Å². The summed E-state index contributed by atoms with van der Waals surface area (Å²) in [5.74, 6) is 0.801. The van der Waals surface area contributed by atoms with Crippen LogP contribution in [0.2, 0.25) is 0 Å². The van der Waals surface area contributed by atoms with Gasteiger partial charge in [0.2, 0.25) is 5.78 Å². The lowest BCUT2D eigenvalue weighted by Gasteiger charge is -2.22. The first kappa shape index (κ1) is 14.4. The Bertz CT molecular complexity index is 846. The van der Waals surface area contributed by atoms with Gasteiger partial charge in [-0.1, -0.05) is 0 Å². The number of nitrogens with zero attached hydrogens (tertiary/aromatic N) is 6. The van der Waals surface area contributed by atoms with Gasteiger partial charge in [-0.2, -0.15) is 5.10 Å². The smallest absolute Gasteiger partial charge is 0.234 e. The van der Waals surface area contributed by atoms with Crippen molar-refractivity contribution in [1.29, 1.82) is 0 Å². The van der Waals surface area contributed by atoms with E-state index in [1.807, 2.05) is 24.9 Å². The minimum atomic E-state index is 0.448. The summed E-state index contributed by atoms with van der Waals surface area (Å²) < 4.78 is 3.96. The third-order valence-corrected chi connectivity index (χ3v) is 4.65. The maximum absolute atomic E-state index is 4.72.